The SMILES string of the molecule is CNC(=O)CN(C)C(=O)CSc1ccc(F)cc1F. The first-order chi connectivity index (χ1) is 8.93. The van der Waals surface area contributed by atoms with E-state index >= 15 is 0 Å². The first-order valence-electron chi connectivity index (χ1n) is 5.46. The first-order valence-corrected chi connectivity index (χ1v) is 6.45. The Morgan fingerprint density at radius 2 is 2.05 bits per heavy atom. The van der Waals surface area contributed by atoms with Gasteiger partial charge in [-0.25, -0.2) is 8.78 Å². The van der Waals surface area contributed by atoms with Crippen molar-refractivity contribution in [3.63, 3.8) is 0 Å². The third-order valence-corrected chi connectivity index (χ3v) is 3.36. The number of carbonyl (C=O) groups is 2. The summed E-state index contributed by atoms with van der Waals surface area (Å²) in [7, 11) is 2.96. The number of rotatable bonds is 5. The molecule has 0 radical (unpaired) electrons. The maximum absolute atomic E-state index is 13.3. The maximum Gasteiger partial charge on any atom is 0.239 e. The lowest BCUT2D eigenvalue weighted by Crippen LogP contribution is -2.37. The van der Waals surface area contributed by atoms with Crippen molar-refractivity contribution in [1.82, 2.24) is 10.2 Å². The fraction of sp³-hybridized carbons (Fsp3) is 0.333. The van der Waals surface area contributed by atoms with Gasteiger partial charge in [0.05, 0.1) is 12.3 Å². The van der Waals surface area contributed by atoms with Gasteiger partial charge in [0.25, 0.3) is 0 Å². The van der Waals surface area contributed by atoms with Crippen molar-refractivity contribution in [2.75, 3.05) is 26.4 Å². The molecule has 0 saturated carbocycles. The Kier molecular flexibility index (Phi) is 5.75. The first kappa shape index (κ1) is 15.4. The fourth-order valence-electron chi connectivity index (χ4n) is 1.22. The van der Waals surface area contributed by atoms with Crippen LogP contribution in [0, 0.1) is 11.6 Å². The monoisotopic (exact) mass is 288 g/mol. The number of carbonyl (C=O) groups excluding carboxylic acids is 2. The average Bonchev–Trinajstić information content (AvgIpc) is 2.37. The van der Waals surface area contributed by atoms with Crippen LogP contribution >= 0.6 is 11.8 Å². The van der Waals surface area contributed by atoms with E-state index in [2.05, 4.69) is 5.32 Å². The Morgan fingerprint density at radius 1 is 1.37 bits per heavy atom. The molecule has 0 unspecified atom stereocenters. The van der Waals surface area contributed by atoms with Crippen LogP contribution in [-0.4, -0.2) is 43.1 Å². The zero-order valence-electron chi connectivity index (χ0n) is 10.6. The van der Waals surface area contributed by atoms with E-state index in [-0.39, 0.29) is 29.0 Å². The van der Waals surface area contributed by atoms with Crippen LogP contribution in [0.3, 0.4) is 0 Å². The second-order valence-corrected chi connectivity index (χ2v) is 4.80. The van der Waals surface area contributed by atoms with Crippen LogP contribution < -0.4 is 5.32 Å². The maximum atomic E-state index is 13.3. The van der Waals surface area contributed by atoms with Crippen molar-refractivity contribution in [3.8, 4) is 0 Å². The normalized spacial score (nSPS) is 10.1. The van der Waals surface area contributed by atoms with Gasteiger partial charge in [0.15, 0.2) is 0 Å². The lowest BCUT2D eigenvalue weighted by atomic mass is 10.3. The molecular weight excluding hydrogens is 274 g/mol. The molecule has 1 N–H and O–H groups in total. The number of thioether (sulfide) groups is 1. The molecule has 0 bridgehead atoms. The Morgan fingerprint density at radius 3 is 2.63 bits per heavy atom. The predicted molar refractivity (Wildman–Crippen MR) is 68.8 cm³/mol. The van der Waals surface area contributed by atoms with Crippen molar-refractivity contribution in [2.45, 2.75) is 4.90 Å². The van der Waals surface area contributed by atoms with Crippen LogP contribution in [-0.2, 0) is 9.59 Å². The van der Waals surface area contributed by atoms with Gasteiger partial charge in [-0.05, 0) is 12.1 Å². The van der Waals surface area contributed by atoms with Gasteiger partial charge in [0, 0.05) is 25.1 Å². The van der Waals surface area contributed by atoms with Crippen molar-refractivity contribution in [3.05, 3.63) is 29.8 Å². The quantitative estimate of drug-likeness (QED) is 0.830. The van der Waals surface area contributed by atoms with Crippen LogP contribution in [0.15, 0.2) is 23.1 Å². The number of amides is 2. The lowest BCUT2D eigenvalue weighted by Gasteiger charge is -2.15. The van der Waals surface area contributed by atoms with Crippen LogP contribution in [0.25, 0.3) is 0 Å². The molecule has 0 spiro atoms. The molecule has 1 rings (SSSR count). The third-order valence-electron chi connectivity index (χ3n) is 2.33. The summed E-state index contributed by atoms with van der Waals surface area (Å²) >= 11 is 0.962. The van der Waals surface area contributed by atoms with Crippen molar-refractivity contribution in [2.24, 2.45) is 0 Å². The third kappa shape index (κ3) is 4.86. The van der Waals surface area contributed by atoms with Crippen LogP contribution in [0.1, 0.15) is 0 Å². The molecule has 104 valence electrons. The van der Waals surface area contributed by atoms with E-state index in [0.29, 0.717) is 0 Å². The van der Waals surface area contributed by atoms with Crippen LogP contribution in [0.4, 0.5) is 8.78 Å². The molecular formula is C12H14F2N2O2S. The van der Waals surface area contributed by atoms with E-state index < -0.39 is 11.6 Å². The van der Waals surface area contributed by atoms with Gasteiger partial charge in [-0.1, -0.05) is 0 Å². The summed E-state index contributed by atoms with van der Waals surface area (Å²) in [6.07, 6.45) is 0. The zero-order chi connectivity index (χ0) is 14.4. The Balaban J connectivity index is 2.52. The summed E-state index contributed by atoms with van der Waals surface area (Å²) in [4.78, 5) is 24.2. The average molecular weight is 288 g/mol. The van der Waals surface area contributed by atoms with Crippen molar-refractivity contribution < 1.29 is 18.4 Å². The highest BCUT2D eigenvalue weighted by Crippen LogP contribution is 2.22. The predicted octanol–water partition coefficient (Wildman–Crippen LogP) is 1.26. The molecule has 1 aromatic rings. The molecule has 1 aromatic carbocycles. The Hall–Kier alpha value is -1.63. The van der Waals surface area contributed by atoms with Gasteiger partial charge in [0.2, 0.25) is 11.8 Å². The molecule has 2 amide bonds. The summed E-state index contributed by atoms with van der Waals surface area (Å²) in [5, 5.41) is 2.40. The molecule has 0 fully saturated rings. The number of likely N-dealkylation sites (N-methyl/N-ethyl adjacent to an activating group) is 2. The number of nitrogens with zero attached hydrogens (tertiary/aromatic N) is 1. The minimum absolute atomic E-state index is 0.0178. The van der Waals surface area contributed by atoms with E-state index in [1.807, 2.05) is 0 Å². The van der Waals surface area contributed by atoms with Gasteiger partial charge in [-0.2, -0.15) is 0 Å². The van der Waals surface area contributed by atoms with Gasteiger partial charge in [0.1, 0.15) is 11.6 Å². The van der Waals surface area contributed by atoms with Crippen molar-refractivity contribution in [1.29, 1.82) is 0 Å². The number of hydrogen-bond acceptors (Lipinski definition) is 3. The second kappa shape index (κ2) is 7.08. The molecule has 0 aliphatic heterocycles. The van der Waals surface area contributed by atoms with Gasteiger partial charge < -0.3 is 10.2 Å². The molecule has 19 heavy (non-hydrogen) atoms. The highest BCUT2D eigenvalue weighted by Gasteiger charge is 2.13. The lowest BCUT2D eigenvalue weighted by molar-refractivity contribution is -0.132. The molecule has 0 aromatic heterocycles. The van der Waals surface area contributed by atoms with E-state index in [1.165, 1.54) is 25.1 Å². The summed E-state index contributed by atoms with van der Waals surface area (Å²) in [6.45, 7) is -0.0538. The number of hydrogen-bond donors (Lipinski definition) is 1. The number of nitrogens with one attached hydrogen (secondary N) is 1. The minimum atomic E-state index is -0.702. The molecule has 0 heterocycles. The molecule has 0 atom stereocenters. The number of halogens is 2. The Bertz CT molecular complexity index is 483. The molecule has 0 aliphatic carbocycles. The summed E-state index contributed by atoms with van der Waals surface area (Å²) in [5.41, 5.74) is 0. The number of benzene rings is 1. The Labute approximate surface area is 114 Å². The van der Waals surface area contributed by atoms with Gasteiger partial charge in [-0.15, -0.1) is 11.8 Å². The van der Waals surface area contributed by atoms with Crippen LogP contribution in [0.5, 0.6) is 0 Å². The zero-order valence-corrected chi connectivity index (χ0v) is 11.4. The standard InChI is InChI=1S/C12H14F2N2O2S/c1-15-11(17)6-16(2)12(18)7-19-10-4-3-8(13)5-9(10)14/h3-5H,6-7H2,1-2H3,(H,15,17). The van der Waals surface area contributed by atoms with E-state index in [0.717, 1.165) is 23.9 Å². The van der Waals surface area contributed by atoms with Crippen molar-refractivity contribution >= 4 is 23.6 Å². The highest BCUT2D eigenvalue weighted by atomic mass is 32.2. The second-order valence-electron chi connectivity index (χ2n) is 3.79. The molecule has 7 heteroatoms. The largest absolute Gasteiger partial charge is 0.358 e. The molecule has 0 saturated heterocycles. The van der Waals surface area contributed by atoms with E-state index in [9.17, 15) is 18.4 Å². The fourth-order valence-corrected chi connectivity index (χ4v) is 2.09. The van der Waals surface area contributed by atoms with Gasteiger partial charge >= 0.3 is 0 Å². The summed E-state index contributed by atoms with van der Waals surface area (Å²) < 4.78 is 26.0. The smallest absolute Gasteiger partial charge is 0.239 e. The van der Waals surface area contributed by atoms with E-state index in [1.54, 1.807) is 0 Å². The topological polar surface area (TPSA) is 49.4 Å². The molecule has 0 aliphatic rings. The highest BCUT2D eigenvalue weighted by molar-refractivity contribution is 8.00. The van der Waals surface area contributed by atoms with Gasteiger partial charge in [-0.3, -0.25) is 9.59 Å². The summed E-state index contributed by atoms with van der Waals surface area (Å²) in [5.74, 6) is -1.97. The summed E-state index contributed by atoms with van der Waals surface area (Å²) in [6, 6.07) is 3.17. The molecule has 4 nitrogen and oxygen atoms in total. The minimum Gasteiger partial charge on any atom is -0.358 e. The van der Waals surface area contributed by atoms with E-state index in [4.69, 9.17) is 0 Å². The van der Waals surface area contributed by atoms with Crippen LogP contribution in [0.2, 0.25) is 0 Å².